The summed E-state index contributed by atoms with van der Waals surface area (Å²) in [6, 6.07) is 0.257. The van der Waals surface area contributed by atoms with Gasteiger partial charge in [0.15, 0.2) is 5.65 Å². The molecule has 0 aromatic carbocycles. The summed E-state index contributed by atoms with van der Waals surface area (Å²) in [5.41, 5.74) is 0.438. The molecule has 2 aromatic rings. The summed E-state index contributed by atoms with van der Waals surface area (Å²) in [4.78, 5) is 14.4. The first-order valence-electron chi connectivity index (χ1n) is 5.75. The maximum absolute atomic E-state index is 10.8. The van der Waals surface area contributed by atoms with Gasteiger partial charge < -0.3 is 0 Å². The van der Waals surface area contributed by atoms with Gasteiger partial charge in [0.05, 0.1) is 22.5 Å². The van der Waals surface area contributed by atoms with E-state index in [-0.39, 0.29) is 16.8 Å². The lowest BCUT2D eigenvalue weighted by atomic mass is 10.2. The SMILES string of the molecule is C[C@H](C1CC1)n1ncc2c(Cl)c([N+](=O)[O-])cnc21. The molecule has 0 bridgehead atoms. The Balaban J connectivity index is 2.15. The van der Waals surface area contributed by atoms with Crippen LogP contribution in [0.25, 0.3) is 11.0 Å². The van der Waals surface area contributed by atoms with Crippen molar-refractivity contribution in [1.82, 2.24) is 14.8 Å². The molecule has 0 saturated heterocycles. The molecule has 1 atom stereocenters. The van der Waals surface area contributed by atoms with Crippen molar-refractivity contribution in [2.45, 2.75) is 25.8 Å². The quantitative estimate of drug-likeness (QED) is 0.632. The Labute approximate surface area is 108 Å². The van der Waals surface area contributed by atoms with Crippen molar-refractivity contribution in [3.8, 4) is 0 Å². The predicted octanol–water partition coefficient (Wildman–Crippen LogP) is 2.96. The number of hydrogen-bond donors (Lipinski definition) is 0. The molecule has 0 unspecified atom stereocenters. The smallest absolute Gasteiger partial charge is 0.258 e. The van der Waals surface area contributed by atoms with E-state index in [1.165, 1.54) is 19.0 Å². The van der Waals surface area contributed by atoms with Crippen molar-refractivity contribution in [2.75, 3.05) is 0 Å². The van der Waals surface area contributed by atoms with E-state index < -0.39 is 4.92 Å². The molecule has 1 fully saturated rings. The molecule has 18 heavy (non-hydrogen) atoms. The monoisotopic (exact) mass is 266 g/mol. The van der Waals surface area contributed by atoms with Gasteiger partial charge in [-0.3, -0.25) is 10.1 Å². The van der Waals surface area contributed by atoms with Gasteiger partial charge in [0.1, 0.15) is 11.2 Å². The van der Waals surface area contributed by atoms with Gasteiger partial charge in [0.2, 0.25) is 0 Å². The lowest BCUT2D eigenvalue weighted by Crippen LogP contribution is -2.09. The van der Waals surface area contributed by atoms with E-state index in [2.05, 4.69) is 17.0 Å². The zero-order chi connectivity index (χ0) is 12.9. The van der Waals surface area contributed by atoms with Crippen molar-refractivity contribution in [3.63, 3.8) is 0 Å². The molecule has 6 nitrogen and oxygen atoms in total. The zero-order valence-electron chi connectivity index (χ0n) is 9.71. The number of aromatic nitrogens is 3. The molecule has 0 amide bonds. The van der Waals surface area contributed by atoms with Crippen LogP contribution in [0.5, 0.6) is 0 Å². The fraction of sp³-hybridized carbons (Fsp3) is 0.455. The lowest BCUT2D eigenvalue weighted by molar-refractivity contribution is -0.384. The zero-order valence-corrected chi connectivity index (χ0v) is 10.5. The van der Waals surface area contributed by atoms with E-state index in [4.69, 9.17) is 11.6 Å². The van der Waals surface area contributed by atoms with Gasteiger partial charge in [-0.05, 0) is 25.7 Å². The summed E-state index contributed by atoms with van der Waals surface area (Å²) in [6.07, 6.45) is 5.14. The highest BCUT2D eigenvalue weighted by Crippen LogP contribution is 2.41. The number of hydrogen-bond acceptors (Lipinski definition) is 4. The number of nitro groups is 1. The molecule has 1 aliphatic carbocycles. The second kappa shape index (κ2) is 3.91. The predicted molar refractivity (Wildman–Crippen MR) is 66.6 cm³/mol. The largest absolute Gasteiger partial charge is 0.306 e. The van der Waals surface area contributed by atoms with Crippen molar-refractivity contribution in [3.05, 3.63) is 27.5 Å². The van der Waals surface area contributed by atoms with Crippen LogP contribution in [0.3, 0.4) is 0 Å². The van der Waals surface area contributed by atoms with Crippen LogP contribution < -0.4 is 0 Å². The third-order valence-corrected chi connectivity index (χ3v) is 3.82. The molecule has 2 aromatic heterocycles. The highest BCUT2D eigenvalue weighted by atomic mass is 35.5. The number of halogens is 1. The Morgan fingerprint density at radius 2 is 2.28 bits per heavy atom. The minimum Gasteiger partial charge on any atom is -0.258 e. The van der Waals surface area contributed by atoms with Crippen LogP contribution in [0.4, 0.5) is 5.69 Å². The first-order valence-corrected chi connectivity index (χ1v) is 6.13. The second-order valence-corrected chi connectivity index (χ2v) is 5.00. The maximum Gasteiger partial charge on any atom is 0.306 e. The van der Waals surface area contributed by atoms with Gasteiger partial charge in [-0.2, -0.15) is 5.10 Å². The molecule has 94 valence electrons. The normalized spacial score (nSPS) is 17.0. The van der Waals surface area contributed by atoms with Crippen LogP contribution in [0.2, 0.25) is 5.02 Å². The van der Waals surface area contributed by atoms with Gasteiger partial charge >= 0.3 is 5.69 Å². The standard InChI is InChI=1S/C11H11ClN4O2/c1-6(7-2-3-7)15-11-8(4-14-15)10(12)9(5-13-11)16(17)18/h4-7H,2-3H2,1H3/t6-/m1/s1. The molecular weight excluding hydrogens is 256 g/mol. The Hall–Kier alpha value is -1.69. The van der Waals surface area contributed by atoms with E-state index in [1.54, 1.807) is 6.20 Å². The summed E-state index contributed by atoms with van der Waals surface area (Å²) >= 11 is 6.01. The van der Waals surface area contributed by atoms with Gasteiger partial charge in [-0.1, -0.05) is 11.6 Å². The van der Waals surface area contributed by atoms with Gasteiger partial charge in [0, 0.05) is 0 Å². The van der Waals surface area contributed by atoms with Crippen molar-refractivity contribution >= 4 is 28.3 Å². The average molecular weight is 267 g/mol. The van der Waals surface area contributed by atoms with Gasteiger partial charge in [-0.25, -0.2) is 9.67 Å². The lowest BCUT2D eigenvalue weighted by Gasteiger charge is -2.11. The molecule has 1 aliphatic rings. The molecule has 2 heterocycles. The fourth-order valence-electron chi connectivity index (χ4n) is 2.16. The number of fused-ring (bicyclic) bond motifs is 1. The summed E-state index contributed by atoms with van der Waals surface area (Å²) < 4.78 is 1.81. The molecule has 0 radical (unpaired) electrons. The molecule has 0 spiro atoms. The highest BCUT2D eigenvalue weighted by Gasteiger charge is 2.31. The highest BCUT2D eigenvalue weighted by molar-refractivity contribution is 6.37. The van der Waals surface area contributed by atoms with Crippen molar-refractivity contribution < 1.29 is 4.92 Å². The summed E-state index contributed by atoms with van der Waals surface area (Å²) in [5.74, 6) is 0.629. The molecule has 7 heteroatoms. The molecule has 3 rings (SSSR count). The van der Waals surface area contributed by atoms with E-state index in [0.29, 0.717) is 17.0 Å². The summed E-state index contributed by atoms with van der Waals surface area (Å²) in [7, 11) is 0. The van der Waals surface area contributed by atoms with E-state index >= 15 is 0 Å². The maximum atomic E-state index is 10.8. The van der Waals surface area contributed by atoms with Crippen LogP contribution in [0.1, 0.15) is 25.8 Å². The summed E-state index contributed by atoms with van der Waals surface area (Å²) in [6.45, 7) is 2.08. The number of pyridine rings is 1. The third-order valence-electron chi connectivity index (χ3n) is 3.43. The van der Waals surface area contributed by atoms with Gasteiger partial charge in [0.25, 0.3) is 0 Å². The Kier molecular flexibility index (Phi) is 2.48. The molecule has 0 aliphatic heterocycles. The van der Waals surface area contributed by atoms with E-state index in [9.17, 15) is 10.1 Å². The number of nitrogens with zero attached hydrogens (tertiary/aromatic N) is 4. The first kappa shape index (κ1) is 11.4. The summed E-state index contributed by atoms with van der Waals surface area (Å²) in [5, 5.41) is 15.7. The Bertz CT molecular complexity index is 635. The topological polar surface area (TPSA) is 73.8 Å². The van der Waals surface area contributed by atoms with Crippen molar-refractivity contribution in [1.29, 1.82) is 0 Å². The van der Waals surface area contributed by atoms with Gasteiger partial charge in [-0.15, -0.1) is 0 Å². The number of rotatable bonds is 3. The molecule has 0 N–H and O–H groups in total. The minimum absolute atomic E-state index is 0.110. The Morgan fingerprint density at radius 1 is 1.56 bits per heavy atom. The Morgan fingerprint density at radius 3 is 2.89 bits per heavy atom. The first-order chi connectivity index (χ1) is 8.59. The van der Waals surface area contributed by atoms with Crippen LogP contribution >= 0.6 is 11.6 Å². The average Bonchev–Trinajstić information content (AvgIpc) is 3.08. The van der Waals surface area contributed by atoms with Crippen LogP contribution in [0.15, 0.2) is 12.4 Å². The molecule has 1 saturated carbocycles. The van der Waals surface area contributed by atoms with E-state index in [0.717, 1.165) is 0 Å². The fourth-order valence-corrected chi connectivity index (χ4v) is 2.41. The van der Waals surface area contributed by atoms with Crippen LogP contribution in [0, 0.1) is 16.0 Å². The van der Waals surface area contributed by atoms with Crippen molar-refractivity contribution in [2.24, 2.45) is 5.92 Å². The third kappa shape index (κ3) is 1.64. The van der Waals surface area contributed by atoms with Crippen LogP contribution in [-0.4, -0.2) is 19.7 Å². The molecular formula is C11H11ClN4O2. The minimum atomic E-state index is -0.531. The van der Waals surface area contributed by atoms with Crippen LogP contribution in [-0.2, 0) is 0 Å². The van der Waals surface area contributed by atoms with E-state index in [1.807, 2.05) is 4.68 Å². The second-order valence-electron chi connectivity index (χ2n) is 4.62.